The first kappa shape index (κ1) is 8.40. The summed E-state index contributed by atoms with van der Waals surface area (Å²) in [6.45, 7) is 0.527. The van der Waals surface area contributed by atoms with Crippen molar-refractivity contribution in [2.45, 2.75) is 0 Å². The molecule has 0 saturated carbocycles. The van der Waals surface area contributed by atoms with Crippen molar-refractivity contribution in [3.05, 3.63) is 0 Å². The molecule has 0 aliphatic carbocycles. The van der Waals surface area contributed by atoms with Gasteiger partial charge >= 0.3 is 0 Å². The number of alkyl halides is 1. The fourth-order valence-electron chi connectivity index (χ4n) is 0.231. The normalized spacial score (nSPS) is 13.8. The Balaban J connectivity index is 2.99. The molecule has 1 unspecified atom stereocenters. The van der Waals surface area contributed by atoms with E-state index in [0.717, 1.165) is 0 Å². The Labute approximate surface area is 56.6 Å². The van der Waals surface area contributed by atoms with E-state index in [2.05, 4.69) is 4.74 Å². The van der Waals surface area contributed by atoms with Gasteiger partial charge in [0.05, 0.1) is 11.8 Å². The zero-order chi connectivity index (χ0) is 6.41. The molecule has 0 rings (SSSR count). The summed E-state index contributed by atoms with van der Waals surface area (Å²) >= 11 is 5.23. The predicted octanol–water partition coefficient (Wildman–Crippen LogP) is 0.578. The van der Waals surface area contributed by atoms with E-state index in [1.165, 1.54) is 0 Å². The van der Waals surface area contributed by atoms with Crippen molar-refractivity contribution in [3.8, 4) is 0 Å². The van der Waals surface area contributed by atoms with Gasteiger partial charge in [-0.2, -0.15) is 0 Å². The highest BCUT2D eigenvalue weighted by Crippen LogP contribution is 1.85. The minimum absolute atomic E-state index is 0.212. The Morgan fingerprint density at radius 1 is 1.75 bits per heavy atom. The first-order valence-electron chi connectivity index (χ1n) is 2.21. The second kappa shape index (κ2) is 5.54. The highest BCUT2D eigenvalue weighted by Gasteiger charge is 1.93. The highest BCUT2D eigenvalue weighted by atomic mass is 35.5. The Morgan fingerprint density at radius 3 is 2.75 bits per heavy atom. The van der Waals surface area contributed by atoms with Crippen LogP contribution in [-0.2, 0) is 15.5 Å². The zero-order valence-electron chi connectivity index (χ0n) is 4.72. The molecule has 50 valence electrons. The molecule has 0 aromatic rings. The molecule has 0 heterocycles. The summed E-state index contributed by atoms with van der Waals surface area (Å²) < 4.78 is 15.1. The number of hydrogen-bond acceptors (Lipinski definition) is 2. The maximum absolute atomic E-state index is 10.5. The quantitative estimate of drug-likeness (QED) is 0.557. The Morgan fingerprint density at radius 2 is 2.38 bits per heavy atom. The van der Waals surface area contributed by atoms with Crippen molar-refractivity contribution in [3.63, 3.8) is 0 Å². The molecule has 0 aromatic carbocycles. The van der Waals surface area contributed by atoms with E-state index in [1.54, 1.807) is 7.11 Å². The van der Waals surface area contributed by atoms with Crippen molar-refractivity contribution in [2.24, 2.45) is 0 Å². The third-order valence-electron chi connectivity index (χ3n) is 0.637. The lowest BCUT2D eigenvalue weighted by Gasteiger charge is -1.93. The molecule has 0 saturated heterocycles. The molecular weight excluding hydrogens is 148 g/mol. The minimum Gasteiger partial charge on any atom is -0.384 e. The smallest absolute Gasteiger partial charge is 0.0980 e. The third-order valence-corrected chi connectivity index (χ3v) is 2.23. The van der Waals surface area contributed by atoms with E-state index in [4.69, 9.17) is 11.6 Å². The first-order chi connectivity index (χ1) is 3.81. The van der Waals surface area contributed by atoms with E-state index >= 15 is 0 Å². The summed E-state index contributed by atoms with van der Waals surface area (Å²) in [4.78, 5) is 0. The molecule has 0 bridgehead atoms. The van der Waals surface area contributed by atoms with Gasteiger partial charge in [-0.25, -0.2) is 0 Å². The molecule has 0 fully saturated rings. The van der Waals surface area contributed by atoms with E-state index in [0.29, 0.717) is 12.4 Å². The fraction of sp³-hybridized carbons (Fsp3) is 1.00. The lowest BCUT2D eigenvalue weighted by Crippen LogP contribution is -2.03. The molecule has 1 atom stereocenters. The number of ether oxygens (including phenoxy) is 1. The zero-order valence-corrected chi connectivity index (χ0v) is 6.30. The van der Waals surface area contributed by atoms with Crippen LogP contribution in [0.2, 0.25) is 0 Å². The van der Waals surface area contributed by atoms with Crippen molar-refractivity contribution in [1.82, 2.24) is 0 Å². The van der Waals surface area contributed by atoms with E-state index < -0.39 is 10.8 Å². The largest absolute Gasteiger partial charge is 0.384 e. The molecule has 0 amide bonds. The van der Waals surface area contributed by atoms with E-state index in [1.807, 2.05) is 0 Å². The van der Waals surface area contributed by atoms with Gasteiger partial charge in [0.25, 0.3) is 0 Å². The van der Waals surface area contributed by atoms with Crippen LogP contribution < -0.4 is 0 Å². The second-order valence-corrected chi connectivity index (χ2v) is 3.41. The molecule has 0 aliphatic heterocycles. The van der Waals surface area contributed by atoms with Crippen LogP contribution in [0, 0.1) is 0 Å². The molecule has 0 aromatic heterocycles. The van der Waals surface area contributed by atoms with Gasteiger partial charge in [-0.15, -0.1) is 11.6 Å². The summed E-state index contributed by atoms with van der Waals surface area (Å²) in [6, 6.07) is 0. The van der Waals surface area contributed by atoms with Crippen LogP contribution >= 0.6 is 11.6 Å². The summed E-state index contributed by atoms with van der Waals surface area (Å²) in [5, 5.41) is 0.212. The Hall–Kier alpha value is 0.400. The number of rotatable bonds is 4. The number of halogens is 1. The Bertz CT molecular complexity index is 76.4. The van der Waals surface area contributed by atoms with Gasteiger partial charge in [0.15, 0.2) is 0 Å². The summed E-state index contributed by atoms with van der Waals surface area (Å²) in [7, 11) is 0.688. The van der Waals surface area contributed by atoms with Crippen molar-refractivity contribution < 1.29 is 8.95 Å². The number of methoxy groups -OCH3 is 1. The van der Waals surface area contributed by atoms with E-state index in [9.17, 15) is 4.21 Å². The topological polar surface area (TPSA) is 26.3 Å². The number of hydrogen-bond donors (Lipinski definition) is 0. The molecule has 0 radical (unpaired) electrons. The van der Waals surface area contributed by atoms with Gasteiger partial charge in [0.2, 0.25) is 0 Å². The van der Waals surface area contributed by atoms with Crippen molar-refractivity contribution in [1.29, 1.82) is 0 Å². The Kier molecular flexibility index (Phi) is 5.81. The van der Waals surface area contributed by atoms with Gasteiger partial charge in [0, 0.05) is 23.7 Å². The predicted molar refractivity (Wildman–Crippen MR) is 35.6 cm³/mol. The lowest BCUT2D eigenvalue weighted by molar-refractivity contribution is 0.218. The molecule has 0 aliphatic rings. The molecule has 8 heavy (non-hydrogen) atoms. The highest BCUT2D eigenvalue weighted by molar-refractivity contribution is 7.86. The average Bonchev–Trinajstić information content (AvgIpc) is 1.83. The van der Waals surface area contributed by atoms with Crippen LogP contribution in [0.25, 0.3) is 0 Å². The standard InChI is InChI=1S/C4H9ClO2S/c1-7-2-3-8(6)4-5/h2-4H2,1H3. The summed E-state index contributed by atoms with van der Waals surface area (Å²) in [5.74, 6) is 0.542. The van der Waals surface area contributed by atoms with Gasteiger partial charge in [-0.3, -0.25) is 4.21 Å². The van der Waals surface area contributed by atoms with Crippen LogP contribution in [0.4, 0.5) is 0 Å². The maximum atomic E-state index is 10.5. The van der Waals surface area contributed by atoms with Gasteiger partial charge in [0.1, 0.15) is 0 Å². The van der Waals surface area contributed by atoms with E-state index in [-0.39, 0.29) is 5.21 Å². The van der Waals surface area contributed by atoms with Gasteiger partial charge in [-0.1, -0.05) is 0 Å². The molecule has 4 heteroatoms. The minimum atomic E-state index is -0.886. The maximum Gasteiger partial charge on any atom is 0.0980 e. The van der Waals surface area contributed by atoms with Gasteiger partial charge < -0.3 is 4.74 Å². The van der Waals surface area contributed by atoms with Gasteiger partial charge in [-0.05, 0) is 0 Å². The van der Waals surface area contributed by atoms with Crippen molar-refractivity contribution in [2.75, 3.05) is 24.7 Å². The SMILES string of the molecule is COCCS(=O)CCl. The average molecular weight is 157 g/mol. The first-order valence-corrected chi connectivity index (χ1v) is 4.23. The van der Waals surface area contributed by atoms with Crippen LogP contribution in [0.3, 0.4) is 0 Å². The molecular formula is C4H9ClO2S. The summed E-state index contributed by atoms with van der Waals surface area (Å²) in [6.07, 6.45) is 0. The lowest BCUT2D eigenvalue weighted by atomic mass is 10.9. The monoisotopic (exact) mass is 156 g/mol. The second-order valence-electron chi connectivity index (χ2n) is 1.25. The van der Waals surface area contributed by atoms with Crippen LogP contribution in [-0.4, -0.2) is 28.9 Å². The van der Waals surface area contributed by atoms with Crippen LogP contribution in [0.1, 0.15) is 0 Å². The fourth-order valence-corrected chi connectivity index (χ4v) is 1.02. The van der Waals surface area contributed by atoms with Crippen LogP contribution in [0.15, 0.2) is 0 Å². The third kappa shape index (κ3) is 4.56. The molecule has 0 spiro atoms. The van der Waals surface area contributed by atoms with Crippen molar-refractivity contribution >= 4 is 22.4 Å². The molecule has 0 N–H and O–H groups in total. The van der Waals surface area contributed by atoms with Crippen LogP contribution in [0.5, 0.6) is 0 Å². The summed E-state index contributed by atoms with van der Waals surface area (Å²) in [5.41, 5.74) is 0. The molecule has 2 nitrogen and oxygen atoms in total.